The molecule has 1 aliphatic rings. The number of morpholine rings is 1. The lowest BCUT2D eigenvalue weighted by atomic mass is 10.0. The van der Waals surface area contributed by atoms with E-state index in [-0.39, 0.29) is 11.5 Å². The Bertz CT molecular complexity index is 928. The fourth-order valence-electron chi connectivity index (χ4n) is 3.17. The van der Waals surface area contributed by atoms with Crippen molar-refractivity contribution in [2.75, 3.05) is 44.7 Å². The maximum absolute atomic E-state index is 13.5. The number of ether oxygens (including phenoxy) is 1. The zero-order valence-corrected chi connectivity index (χ0v) is 17.8. The van der Waals surface area contributed by atoms with Crippen LogP contribution < -0.4 is 10.6 Å². The summed E-state index contributed by atoms with van der Waals surface area (Å²) in [6.45, 7) is 8.47. The number of nitrogens with zero attached hydrogens (tertiary/aromatic N) is 2. The minimum atomic E-state index is -1.07. The summed E-state index contributed by atoms with van der Waals surface area (Å²) in [5.74, 6) is -2.05. The molecule has 2 aromatic carbocycles. The number of rotatable bonds is 6. The Morgan fingerprint density at radius 2 is 1.90 bits per heavy atom. The van der Waals surface area contributed by atoms with Gasteiger partial charge in [-0.15, -0.1) is 0 Å². The first-order valence-corrected chi connectivity index (χ1v) is 10.4. The van der Waals surface area contributed by atoms with Crippen molar-refractivity contribution in [2.24, 2.45) is 4.99 Å². The molecule has 0 unspecified atom stereocenters. The summed E-state index contributed by atoms with van der Waals surface area (Å²) in [5.41, 5.74) is 1.93. The largest absolute Gasteiger partial charge is 0.379 e. The normalized spacial score (nSPS) is 15.2. The van der Waals surface area contributed by atoms with Crippen LogP contribution in [0.3, 0.4) is 0 Å². The lowest BCUT2D eigenvalue weighted by molar-refractivity contribution is 0.0394. The number of nitrogens with one attached hydrogen (secondary N) is 2. The van der Waals surface area contributed by atoms with Gasteiger partial charge in [-0.1, -0.05) is 26.0 Å². The minimum absolute atomic E-state index is 0.0116. The van der Waals surface area contributed by atoms with Gasteiger partial charge in [0.05, 0.1) is 19.8 Å². The van der Waals surface area contributed by atoms with E-state index in [4.69, 9.17) is 4.74 Å². The van der Waals surface area contributed by atoms with Crippen molar-refractivity contribution in [3.05, 3.63) is 65.2 Å². The molecule has 0 atom stereocenters. The quantitative estimate of drug-likeness (QED) is 0.543. The highest BCUT2D eigenvalue weighted by molar-refractivity contribution is 6.10. The number of hydrogen-bond donors (Lipinski definition) is 2. The second-order valence-electron chi connectivity index (χ2n) is 7.67. The highest BCUT2D eigenvalue weighted by Crippen LogP contribution is 2.18. The van der Waals surface area contributed by atoms with Crippen molar-refractivity contribution in [1.29, 1.82) is 0 Å². The number of aliphatic imine (C=N–C) groups is 1. The molecule has 2 N–H and O–H groups in total. The maximum atomic E-state index is 13.5. The highest BCUT2D eigenvalue weighted by atomic mass is 19.2. The van der Waals surface area contributed by atoms with Gasteiger partial charge in [0.25, 0.3) is 5.91 Å². The first-order valence-electron chi connectivity index (χ1n) is 10.4. The minimum Gasteiger partial charge on any atom is -0.379 e. The number of guanidine groups is 1. The number of halogens is 2. The molecule has 1 amide bonds. The second kappa shape index (κ2) is 11.0. The third-order valence-corrected chi connectivity index (χ3v) is 5.02. The van der Waals surface area contributed by atoms with Gasteiger partial charge >= 0.3 is 0 Å². The molecule has 0 radical (unpaired) electrons. The van der Waals surface area contributed by atoms with Gasteiger partial charge < -0.3 is 10.1 Å². The molecule has 31 heavy (non-hydrogen) atoms. The lowest BCUT2D eigenvalue weighted by Crippen LogP contribution is -2.39. The molecule has 1 fully saturated rings. The molecule has 166 valence electrons. The van der Waals surface area contributed by atoms with Gasteiger partial charge in [0.2, 0.25) is 5.96 Å². The Morgan fingerprint density at radius 1 is 1.13 bits per heavy atom. The average molecular weight is 430 g/mol. The van der Waals surface area contributed by atoms with Crippen LogP contribution in [-0.2, 0) is 4.74 Å². The molecule has 0 bridgehead atoms. The summed E-state index contributed by atoms with van der Waals surface area (Å²) in [5, 5.41) is 5.83. The van der Waals surface area contributed by atoms with Crippen LogP contribution in [0.25, 0.3) is 0 Å². The number of anilines is 1. The fraction of sp³-hybridized carbons (Fsp3) is 0.391. The first kappa shape index (κ1) is 22.8. The van der Waals surface area contributed by atoms with Crippen LogP contribution in [0.4, 0.5) is 14.5 Å². The highest BCUT2D eigenvalue weighted by Gasteiger charge is 2.14. The summed E-state index contributed by atoms with van der Waals surface area (Å²) >= 11 is 0. The molecule has 0 spiro atoms. The number of hydrogen-bond acceptors (Lipinski definition) is 4. The SMILES string of the molecule is CC(C)c1cccc(NC(=NCCN2CCOCC2)NC(=O)c2ccc(F)c(F)c2)c1. The topological polar surface area (TPSA) is 66.0 Å². The zero-order chi connectivity index (χ0) is 22.2. The Balaban J connectivity index is 1.73. The predicted octanol–water partition coefficient (Wildman–Crippen LogP) is 3.62. The molecule has 2 aromatic rings. The van der Waals surface area contributed by atoms with Crippen LogP contribution in [-0.4, -0.2) is 56.2 Å². The summed E-state index contributed by atoms with van der Waals surface area (Å²) in [6.07, 6.45) is 0. The molecule has 1 heterocycles. The van der Waals surface area contributed by atoms with E-state index >= 15 is 0 Å². The van der Waals surface area contributed by atoms with E-state index < -0.39 is 17.5 Å². The van der Waals surface area contributed by atoms with E-state index in [0.29, 0.717) is 25.7 Å². The third-order valence-electron chi connectivity index (χ3n) is 5.02. The van der Waals surface area contributed by atoms with Crippen LogP contribution in [0.5, 0.6) is 0 Å². The van der Waals surface area contributed by atoms with Gasteiger partial charge in [-0.2, -0.15) is 0 Å². The molecule has 3 rings (SSSR count). The molecule has 8 heteroatoms. The Hall–Kier alpha value is -2.84. The third kappa shape index (κ3) is 6.83. The Kier molecular flexibility index (Phi) is 8.08. The summed E-state index contributed by atoms with van der Waals surface area (Å²) < 4.78 is 32.1. The number of benzene rings is 2. The van der Waals surface area contributed by atoms with Crippen molar-refractivity contribution in [3.63, 3.8) is 0 Å². The van der Waals surface area contributed by atoms with Crippen molar-refractivity contribution >= 4 is 17.6 Å². The second-order valence-corrected chi connectivity index (χ2v) is 7.67. The zero-order valence-electron chi connectivity index (χ0n) is 17.8. The standard InChI is InChI=1S/C23H28F2N4O2/c1-16(2)17-4-3-5-19(14-17)27-23(26-8-9-29-10-12-31-13-11-29)28-22(30)18-6-7-20(24)21(25)15-18/h3-7,14-16H,8-13H2,1-2H3,(H2,26,27,28,30). The van der Waals surface area contributed by atoms with Crippen molar-refractivity contribution in [3.8, 4) is 0 Å². The molecule has 1 saturated heterocycles. The van der Waals surface area contributed by atoms with Gasteiger partial charge in [-0.3, -0.25) is 20.0 Å². The Morgan fingerprint density at radius 3 is 2.61 bits per heavy atom. The van der Waals surface area contributed by atoms with Gasteiger partial charge in [0.1, 0.15) is 0 Å². The molecule has 1 aliphatic heterocycles. The molecule has 0 saturated carbocycles. The van der Waals surface area contributed by atoms with Gasteiger partial charge in [0.15, 0.2) is 11.6 Å². The number of carbonyl (C=O) groups is 1. The van der Waals surface area contributed by atoms with E-state index in [2.05, 4.69) is 34.4 Å². The van der Waals surface area contributed by atoms with Crippen LogP contribution >= 0.6 is 0 Å². The van der Waals surface area contributed by atoms with Crippen molar-refractivity contribution in [1.82, 2.24) is 10.2 Å². The molecular weight excluding hydrogens is 402 g/mol. The van der Waals surface area contributed by atoms with Crippen LogP contribution in [0.2, 0.25) is 0 Å². The van der Waals surface area contributed by atoms with E-state index in [0.717, 1.165) is 43.0 Å². The summed E-state index contributed by atoms with van der Waals surface area (Å²) in [7, 11) is 0. The summed E-state index contributed by atoms with van der Waals surface area (Å²) in [6, 6.07) is 10.9. The molecule has 6 nitrogen and oxygen atoms in total. The number of amides is 1. The van der Waals surface area contributed by atoms with Crippen LogP contribution in [0.1, 0.15) is 35.7 Å². The fourth-order valence-corrected chi connectivity index (χ4v) is 3.17. The van der Waals surface area contributed by atoms with E-state index in [9.17, 15) is 13.6 Å². The van der Waals surface area contributed by atoms with Crippen LogP contribution in [0.15, 0.2) is 47.5 Å². The monoisotopic (exact) mass is 430 g/mol. The van der Waals surface area contributed by atoms with Gasteiger partial charge in [-0.25, -0.2) is 8.78 Å². The first-order chi connectivity index (χ1) is 14.9. The lowest BCUT2D eigenvalue weighted by Gasteiger charge is -2.25. The van der Waals surface area contributed by atoms with E-state index in [1.54, 1.807) is 0 Å². The molecule has 0 aromatic heterocycles. The van der Waals surface area contributed by atoms with E-state index in [1.165, 1.54) is 6.07 Å². The van der Waals surface area contributed by atoms with Crippen molar-refractivity contribution < 1.29 is 18.3 Å². The Labute approximate surface area is 181 Å². The van der Waals surface area contributed by atoms with Gasteiger partial charge in [-0.05, 0) is 41.8 Å². The average Bonchev–Trinajstić information content (AvgIpc) is 2.76. The molecular formula is C23H28F2N4O2. The van der Waals surface area contributed by atoms with Crippen LogP contribution in [0, 0.1) is 11.6 Å². The van der Waals surface area contributed by atoms with E-state index in [1.807, 2.05) is 24.3 Å². The number of carbonyl (C=O) groups excluding carboxylic acids is 1. The maximum Gasteiger partial charge on any atom is 0.258 e. The van der Waals surface area contributed by atoms with Gasteiger partial charge in [0, 0.05) is 30.9 Å². The smallest absolute Gasteiger partial charge is 0.258 e. The predicted molar refractivity (Wildman–Crippen MR) is 118 cm³/mol. The molecule has 0 aliphatic carbocycles. The summed E-state index contributed by atoms with van der Waals surface area (Å²) in [4.78, 5) is 19.4. The van der Waals surface area contributed by atoms with Crippen molar-refractivity contribution in [2.45, 2.75) is 19.8 Å².